The minimum Gasteiger partial charge on any atom is -0.508 e. The third-order valence-corrected chi connectivity index (χ3v) is 6.29. The summed E-state index contributed by atoms with van der Waals surface area (Å²) in [7, 11) is 0. The second-order valence-electron chi connectivity index (χ2n) is 9.72. The number of esters is 1. The fourth-order valence-corrected chi connectivity index (χ4v) is 4.31. The number of rotatable bonds is 7. The minimum atomic E-state index is -2.06. The van der Waals surface area contributed by atoms with Gasteiger partial charge in [0.2, 0.25) is 0 Å². The van der Waals surface area contributed by atoms with E-state index in [0.29, 0.717) is 17.9 Å². The Morgan fingerprint density at radius 1 is 1.05 bits per heavy atom. The summed E-state index contributed by atoms with van der Waals surface area (Å²) in [5.41, 5.74) is 5.68. The largest absolute Gasteiger partial charge is 0.508 e. The normalized spacial score (nSPS) is 14.1. The molecule has 0 spiro atoms. The number of nitrogen functional groups attached to an aromatic ring is 1. The average Bonchev–Trinajstić information content (AvgIpc) is 3.20. The van der Waals surface area contributed by atoms with Crippen molar-refractivity contribution in [1.29, 1.82) is 0 Å². The van der Waals surface area contributed by atoms with Crippen molar-refractivity contribution < 1.29 is 39.1 Å². The van der Waals surface area contributed by atoms with Crippen molar-refractivity contribution in [2.75, 3.05) is 5.73 Å². The number of nitrogens with two attached hydrogens (primary N) is 1. The van der Waals surface area contributed by atoms with Crippen LogP contribution >= 0.6 is 0 Å². The van der Waals surface area contributed by atoms with Gasteiger partial charge >= 0.3 is 11.9 Å². The van der Waals surface area contributed by atoms with E-state index in [-0.39, 0.29) is 42.3 Å². The fourth-order valence-electron chi connectivity index (χ4n) is 4.31. The molecule has 0 saturated carbocycles. The highest BCUT2D eigenvalue weighted by atomic mass is 19.1. The van der Waals surface area contributed by atoms with Gasteiger partial charge in [0, 0.05) is 16.8 Å². The molecule has 196 valence electrons. The maximum Gasteiger partial charge on any atom is 0.338 e. The number of benzene rings is 3. The summed E-state index contributed by atoms with van der Waals surface area (Å²) < 4.78 is 18.3. The number of phenolic OH excluding ortho intramolecular Hbond substituents is 2. The molecule has 0 amide bonds. The van der Waals surface area contributed by atoms with E-state index >= 15 is 0 Å². The summed E-state index contributed by atoms with van der Waals surface area (Å²) in [5, 5.41) is 39.6. The molecular weight excluding hydrogens is 481 g/mol. The zero-order valence-electron chi connectivity index (χ0n) is 20.6. The number of fused-ring (bicyclic) bond motifs is 1. The number of anilines is 1. The SMILES string of the molecule is CC(C)(CC(O)(CCc1ccc(O)cc1)C(=O)O)c1cc(F)ccc1O.Nc1ccc2c(c1)COC2=O. The lowest BCUT2D eigenvalue weighted by Gasteiger charge is -2.34. The molecule has 37 heavy (non-hydrogen) atoms. The van der Waals surface area contributed by atoms with Crippen LogP contribution in [0.4, 0.5) is 10.1 Å². The highest BCUT2D eigenvalue weighted by Gasteiger charge is 2.42. The number of aryl methyl sites for hydroxylation is 1. The second-order valence-corrected chi connectivity index (χ2v) is 9.72. The summed E-state index contributed by atoms with van der Waals surface area (Å²) in [4.78, 5) is 22.6. The van der Waals surface area contributed by atoms with Crippen LogP contribution in [-0.4, -0.2) is 38.0 Å². The molecule has 1 unspecified atom stereocenters. The van der Waals surface area contributed by atoms with Gasteiger partial charge in [-0.15, -0.1) is 0 Å². The number of carboxylic acids is 1. The average molecular weight is 512 g/mol. The van der Waals surface area contributed by atoms with Crippen molar-refractivity contribution in [3.8, 4) is 11.5 Å². The molecular formula is C28H30FNO7. The Hall–Kier alpha value is -4.11. The van der Waals surface area contributed by atoms with E-state index in [2.05, 4.69) is 0 Å². The van der Waals surface area contributed by atoms with Crippen LogP contribution in [0.25, 0.3) is 0 Å². The van der Waals surface area contributed by atoms with Gasteiger partial charge in [-0.05, 0) is 78.8 Å². The van der Waals surface area contributed by atoms with Gasteiger partial charge < -0.3 is 30.9 Å². The molecule has 0 fully saturated rings. The van der Waals surface area contributed by atoms with Crippen LogP contribution in [0, 0.1) is 5.82 Å². The van der Waals surface area contributed by atoms with Crippen molar-refractivity contribution in [2.45, 2.75) is 50.7 Å². The van der Waals surface area contributed by atoms with Crippen LogP contribution in [0.5, 0.6) is 11.5 Å². The Morgan fingerprint density at radius 3 is 2.38 bits per heavy atom. The van der Waals surface area contributed by atoms with Gasteiger partial charge in [-0.1, -0.05) is 26.0 Å². The number of carbonyl (C=O) groups is 2. The smallest absolute Gasteiger partial charge is 0.338 e. The van der Waals surface area contributed by atoms with Gasteiger partial charge in [-0.25, -0.2) is 14.0 Å². The van der Waals surface area contributed by atoms with Gasteiger partial charge in [-0.3, -0.25) is 0 Å². The van der Waals surface area contributed by atoms with Gasteiger partial charge in [0.25, 0.3) is 0 Å². The maximum atomic E-state index is 13.6. The number of aliphatic carboxylic acids is 1. The summed E-state index contributed by atoms with van der Waals surface area (Å²) >= 11 is 0. The number of halogens is 1. The van der Waals surface area contributed by atoms with Crippen LogP contribution in [-0.2, 0) is 28.0 Å². The summed E-state index contributed by atoms with van der Waals surface area (Å²) in [6.45, 7) is 3.66. The monoisotopic (exact) mass is 511 g/mol. The van der Waals surface area contributed by atoms with E-state index in [4.69, 9.17) is 10.5 Å². The molecule has 0 bridgehead atoms. The quantitative estimate of drug-likeness (QED) is 0.233. The lowest BCUT2D eigenvalue weighted by atomic mass is 9.73. The van der Waals surface area contributed by atoms with Crippen LogP contribution in [0.15, 0.2) is 60.7 Å². The van der Waals surface area contributed by atoms with Crippen molar-refractivity contribution in [3.05, 3.63) is 88.7 Å². The number of carbonyl (C=O) groups excluding carboxylic acids is 1. The molecule has 0 saturated heterocycles. The number of ether oxygens (including phenoxy) is 1. The first-order valence-electron chi connectivity index (χ1n) is 11.6. The summed E-state index contributed by atoms with van der Waals surface area (Å²) in [6, 6.07) is 14.9. The zero-order chi connectivity index (χ0) is 27.4. The fraction of sp³-hybridized carbons (Fsp3) is 0.286. The van der Waals surface area contributed by atoms with E-state index in [1.165, 1.54) is 18.2 Å². The molecule has 1 atom stereocenters. The van der Waals surface area contributed by atoms with Crippen LogP contribution in [0.1, 0.15) is 53.7 Å². The van der Waals surface area contributed by atoms with Crippen LogP contribution in [0.2, 0.25) is 0 Å². The summed E-state index contributed by atoms with van der Waals surface area (Å²) in [6.07, 6.45) is 0.0192. The summed E-state index contributed by atoms with van der Waals surface area (Å²) in [5.74, 6) is -2.22. The molecule has 0 aromatic heterocycles. The first kappa shape index (κ1) is 27.5. The van der Waals surface area contributed by atoms with Gasteiger partial charge in [0.15, 0.2) is 5.60 Å². The van der Waals surface area contributed by atoms with Gasteiger partial charge in [0.05, 0.1) is 5.56 Å². The van der Waals surface area contributed by atoms with Crippen LogP contribution in [0.3, 0.4) is 0 Å². The highest BCUT2D eigenvalue weighted by Crippen LogP contribution is 2.39. The molecule has 0 aliphatic carbocycles. The number of hydrogen-bond acceptors (Lipinski definition) is 7. The van der Waals surface area contributed by atoms with E-state index < -0.39 is 22.8 Å². The van der Waals surface area contributed by atoms with Crippen LogP contribution < -0.4 is 5.73 Å². The highest BCUT2D eigenvalue weighted by molar-refractivity contribution is 5.93. The lowest BCUT2D eigenvalue weighted by Crippen LogP contribution is -2.44. The molecule has 1 aliphatic rings. The number of aromatic hydroxyl groups is 2. The minimum absolute atomic E-state index is 0.0629. The Morgan fingerprint density at radius 2 is 1.73 bits per heavy atom. The van der Waals surface area contributed by atoms with Gasteiger partial charge in [-0.2, -0.15) is 0 Å². The Labute approximate surface area is 213 Å². The maximum absolute atomic E-state index is 13.6. The third-order valence-electron chi connectivity index (χ3n) is 6.29. The lowest BCUT2D eigenvalue weighted by molar-refractivity contribution is -0.161. The van der Waals surface area contributed by atoms with Crippen molar-refractivity contribution >= 4 is 17.6 Å². The standard InChI is InChI=1S/C20H23FO5.C8H7NO2/c1-19(2,16-11-14(21)5-8-17(16)23)12-20(26,18(24)25)10-9-13-3-6-15(22)7-4-13;9-6-1-2-7-5(3-6)4-11-8(7)10/h3-8,11,22-23,26H,9-10,12H2,1-2H3,(H,24,25);1-3H,4,9H2. The third kappa shape index (κ3) is 6.77. The topological polar surface area (TPSA) is 150 Å². The Balaban J connectivity index is 0.000000284. The molecule has 0 radical (unpaired) electrons. The van der Waals surface area contributed by atoms with E-state index in [9.17, 15) is 34.4 Å². The Bertz CT molecular complexity index is 1290. The van der Waals surface area contributed by atoms with E-state index in [1.54, 1.807) is 44.2 Å². The first-order chi connectivity index (χ1) is 17.3. The molecule has 1 heterocycles. The number of aliphatic hydroxyl groups is 1. The predicted octanol–water partition coefficient (Wildman–Crippen LogP) is 4.29. The molecule has 6 N–H and O–H groups in total. The second kappa shape index (κ2) is 10.9. The van der Waals surface area contributed by atoms with Crippen molar-refractivity contribution in [3.63, 3.8) is 0 Å². The zero-order valence-corrected chi connectivity index (χ0v) is 20.6. The van der Waals surface area contributed by atoms with E-state index in [0.717, 1.165) is 23.3 Å². The number of carboxylic acid groups (broad SMARTS) is 1. The number of phenols is 2. The first-order valence-corrected chi connectivity index (χ1v) is 11.6. The molecule has 1 aliphatic heterocycles. The molecule has 8 nitrogen and oxygen atoms in total. The number of cyclic esters (lactones) is 1. The van der Waals surface area contributed by atoms with Gasteiger partial charge in [0.1, 0.15) is 23.9 Å². The molecule has 3 aromatic rings. The Kier molecular flexibility index (Phi) is 8.08. The van der Waals surface area contributed by atoms with E-state index in [1.807, 2.05) is 0 Å². The van der Waals surface area contributed by atoms with Crippen molar-refractivity contribution in [2.24, 2.45) is 0 Å². The molecule has 4 rings (SSSR count). The molecule has 9 heteroatoms. The molecule has 3 aromatic carbocycles. The predicted molar refractivity (Wildman–Crippen MR) is 135 cm³/mol. The number of hydrogen-bond donors (Lipinski definition) is 5. The van der Waals surface area contributed by atoms with Crippen molar-refractivity contribution in [1.82, 2.24) is 0 Å².